The lowest BCUT2D eigenvalue weighted by Gasteiger charge is -2.61. The molecule has 5 heteroatoms. The molecule has 4 rings (SSSR count). The zero-order chi connectivity index (χ0) is 21.1. The van der Waals surface area contributed by atoms with Crippen LogP contribution in [-0.4, -0.2) is 39.3 Å². The van der Waals surface area contributed by atoms with E-state index in [4.69, 9.17) is 5.11 Å². The normalized spacial score (nSPS) is 50.4. The van der Waals surface area contributed by atoms with E-state index in [-0.39, 0.29) is 47.5 Å². The molecule has 4 aliphatic rings. The number of aliphatic hydroxyl groups is 2. The predicted molar refractivity (Wildman–Crippen MR) is 109 cm³/mol. The number of fused-ring (bicyclic) bond motifs is 5. The fourth-order valence-corrected chi connectivity index (χ4v) is 8.41. The van der Waals surface area contributed by atoms with Crippen LogP contribution in [0.3, 0.4) is 0 Å². The lowest BCUT2D eigenvalue weighted by Crippen LogP contribution is -2.61. The molecule has 0 spiro atoms. The van der Waals surface area contributed by atoms with Crippen molar-refractivity contribution in [3.05, 3.63) is 0 Å². The number of hydrogen-bond donors (Lipinski definition) is 3. The highest BCUT2D eigenvalue weighted by molar-refractivity contribution is 5.87. The zero-order valence-corrected chi connectivity index (χ0v) is 18.1. The van der Waals surface area contributed by atoms with Crippen LogP contribution in [0.5, 0.6) is 0 Å². The third-order valence-corrected chi connectivity index (χ3v) is 10.1. The van der Waals surface area contributed by atoms with E-state index in [1.807, 2.05) is 0 Å². The Morgan fingerprint density at radius 3 is 2.55 bits per heavy atom. The topological polar surface area (TPSA) is 94.8 Å². The molecule has 4 fully saturated rings. The molecular weight excluding hydrogens is 368 g/mol. The van der Waals surface area contributed by atoms with Crippen LogP contribution in [0, 0.1) is 46.3 Å². The number of hydrogen-bond acceptors (Lipinski definition) is 4. The SMILES string of the molecule is C[C@H](CCC(=O)O)[C@H]1CC[C@H]2[C@@H]3[C@H](O)C[C@H]4C[C@@H](O)CC[C@]4(C)[C@H]3CC(=O)[C@]12C. The first kappa shape index (κ1) is 21.3. The summed E-state index contributed by atoms with van der Waals surface area (Å²) in [6.07, 6.45) is 5.82. The van der Waals surface area contributed by atoms with E-state index in [0.717, 1.165) is 38.5 Å². The third kappa shape index (κ3) is 3.18. The van der Waals surface area contributed by atoms with E-state index in [0.29, 0.717) is 24.5 Å². The molecule has 0 radical (unpaired) electrons. The lowest BCUT2D eigenvalue weighted by atomic mass is 9.43. The van der Waals surface area contributed by atoms with E-state index in [1.165, 1.54) is 0 Å². The van der Waals surface area contributed by atoms with Gasteiger partial charge in [0, 0.05) is 18.3 Å². The second-order valence-corrected chi connectivity index (χ2v) is 11.2. The largest absolute Gasteiger partial charge is 0.481 e. The molecule has 0 aromatic rings. The van der Waals surface area contributed by atoms with Crippen LogP contribution in [0.4, 0.5) is 0 Å². The number of ketones is 1. The molecular formula is C24H38O5. The van der Waals surface area contributed by atoms with Crippen molar-refractivity contribution >= 4 is 11.8 Å². The number of carbonyl (C=O) groups is 2. The van der Waals surface area contributed by atoms with Crippen molar-refractivity contribution in [1.29, 1.82) is 0 Å². The molecule has 0 heterocycles. The van der Waals surface area contributed by atoms with Crippen molar-refractivity contribution in [3.63, 3.8) is 0 Å². The maximum atomic E-state index is 13.6. The fourth-order valence-electron chi connectivity index (χ4n) is 8.41. The summed E-state index contributed by atoms with van der Waals surface area (Å²) in [5, 5.41) is 30.5. The zero-order valence-electron chi connectivity index (χ0n) is 18.1. The van der Waals surface area contributed by atoms with Crippen LogP contribution in [0.2, 0.25) is 0 Å². The van der Waals surface area contributed by atoms with Crippen LogP contribution in [-0.2, 0) is 9.59 Å². The molecule has 29 heavy (non-hydrogen) atoms. The van der Waals surface area contributed by atoms with Crippen molar-refractivity contribution in [2.75, 3.05) is 0 Å². The van der Waals surface area contributed by atoms with Gasteiger partial charge in [0.15, 0.2) is 0 Å². The summed E-state index contributed by atoms with van der Waals surface area (Å²) >= 11 is 0. The Morgan fingerprint density at radius 2 is 1.86 bits per heavy atom. The fraction of sp³-hybridized carbons (Fsp3) is 0.917. The summed E-state index contributed by atoms with van der Waals surface area (Å²) in [5.74, 6) is 0.855. The van der Waals surface area contributed by atoms with Crippen molar-refractivity contribution in [3.8, 4) is 0 Å². The minimum absolute atomic E-state index is 0.0348. The van der Waals surface area contributed by atoms with Gasteiger partial charge in [-0.25, -0.2) is 0 Å². The van der Waals surface area contributed by atoms with Gasteiger partial charge >= 0.3 is 5.97 Å². The van der Waals surface area contributed by atoms with E-state index < -0.39 is 17.5 Å². The second kappa shape index (κ2) is 7.33. The molecule has 4 saturated carbocycles. The highest BCUT2D eigenvalue weighted by Crippen LogP contribution is 2.67. The monoisotopic (exact) mass is 406 g/mol. The maximum absolute atomic E-state index is 13.6. The Morgan fingerprint density at radius 1 is 1.14 bits per heavy atom. The van der Waals surface area contributed by atoms with Crippen LogP contribution < -0.4 is 0 Å². The van der Waals surface area contributed by atoms with Gasteiger partial charge in [0.2, 0.25) is 0 Å². The van der Waals surface area contributed by atoms with Crippen molar-refractivity contribution in [2.45, 2.75) is 90.8 Å². The van der Waals surface area contributed by atoms with Crippen molar-refractivity contribution in [1.82, 2.24) is 0 Å². The molecule has 10 atom stereocenters. The van der Waals surface area contributed by atoms with Gasteiger partial charge in [0.05, 0.1) is 12.2 Å². The van der Waals surface area contributed by atoms with Crippen LogP contribution in [0.15, 0.2) is 0 Å². The molecule has 5 nitrogen and oxygen atoms in total. The predicted octanol–water partition coefficient (Wildman–Crippen LogP) is 3.66. The quantitative estimate of drug-likeness (QED) is 0.662. The van der Waals surface area contributed by atoms with Gasteiger partial charge < -0.3 is 15.3 Å². The highest BCUT2D eigenvalue weighted by Gasteiger charge is 2.65. The molecule has 4 aliphatic carbocycles. The van der Waals surface area contributed by atoms with Crippen molar-refractivity contribution < 1.29 is 24.9 Å². The summed E-state index contributed by atoms with van der Waals surface area (Å²) in [4.78, 5) is 24.7. The number of carbonyl (C=O) groups excluding carboxylic acids is 1. The first-order valence-corrected chi connectivity index (χ1v) is 11.7. The number of aliphatic hydroxyl groups excluding tert-OH is 2. The minimum atomic E-state index is -0.771. The Labute approximate surface area is 174 Å². The molecule has 0 amide bonds. The molecule has 0 aromatic heterocycles. The Bertz CT molecular complexity index is 676. The standard InChI is InChI=1S/C24H38O5/c1-13(4-7-21(28)29)16-5-6-17-22-18(12-20(27)24(16,17)3)23(2)9-8-15(25)10-14(23)11-19(22)26/h13-19,22,25-26H,4-12H2,1-3H3,(H,28,29)/t13-,14-,15+,16-,17+,18+,19-,22+,23+,24-/m1/s1. The van der Waals surface area contributed by atoms with E-state index in [1.54, 1.807) is 0 Å². The molecule has 0 unspecified atom stereocenters. The van der Waals surface area contributed by atoms with Gasteiger partial charge in [-0.2, -0.15) is 0 Å². The molecule has 3 N–H and O–H groups in total. The second-order valence-electron chi connectivity index (χ2n) is 11.2. The van der Waals surface area contributed by atoms with Crippen LogP contribution >= 0.6 is 0 Å². The summed E-state index contributed by atoms with van der Waals surface area (Å²) in [6, 6.07) is 0. The molecule has 0 aromatic carbocycles. The van der Waals surface area contributed by atoms with Gasteiger partial charge in [-0.1, -0.05) is 20.8 Å². The average molecular weight is 407 g/mol. The number of Topliss-reactive ketones (excluding diaryl/α,β-unsaturated/α-hetero) is 1. The average Bonchev–Trinajstić information content (AvgIpc) is 3.01. The van der Waals surface area contributed by atoms with Gasteiger partial charge in [0.1, 0.15) is 5.78 Å². The van der Waals surface area contributed by atoms with Crippen LogP contribution in [0.1, 0.15) is 78.6 Å². The summed E-state index contributed by atoms with van der Waals surface area (Å²) in [5.41, 5.74) is -0.398. The number of rotatable bonds is 4. The number of aliphatic carboxylic acids is 1. The van der Waals surface area contributed by atoms with Crippen LogP contribution in [0.25, 0.3) is 0 Å². The third-order valence-electron chi connectivity index (χ3n) is 10.1. The van der Waals surface area contributed by atoms with Gasteiger partial charge in [0.25, 0.3) is 0 Å². The summed E-state index contributed by atoms with van der Waals surface area (Å²) in [6.45, 7) is 6.54. The maximum Gasteiger partial charge on any atom is 0.303 e. The Kier molecular flexibility index (Phi) is 5.39. The molecule has 164 valence electrons. The Hall–Kier alpha value is -0.940. The smallest absolute Gasteiger partial charge is 0.303 e. The summed E-state index contributed by atoms with van der Waals surface area (Å²) in [7, 11) is 0. The van der Waals surface area contributed by atoms with Gasteiger partial charge in [-0.3, -0.25) is 9.59 Å². The highest BCUT2D eigenvalue weighted by atomic mass is 16.4. The van der Waals surface area contributed by atoms with E-state index in [9.17, 15) is 19.8 Å². The summed E-state index contributed by atoms with van der Waals surface area (Å²) < 4.78 is 0. The van der Waals surface area contributed by atoms with Crippen molar-refractivity contribution in [2.24, 2.45) is 46.3 Å². The van der Waals surface area contributed by atoms with Gasteiger partial charge in [-0.15, -0.1) is 0 Å². The number of carboxylic acid groups (broad SMARTS) is 1. The van der Waals surface area contributed by atoms with Gasteiger partial charge in [-0.05, 0) is 85.9 Å². The minimum Gasteiger partial charge on any atom is -0.481 e. The molecule has 0 aliphatic heterocycles. The first-order chi connectivity index (χ1) is 13.6. The van der Waals surface area contributed by atoms with E-state index >= 15 is 0 Å². The molecule has 0 saturated heterocycles. The first-order valence-electron chi connectivity index (χ1n) is 11.7. The molecule has 0 bridgehead atoms. The Balaban J connectivity index is 1.62. The van der Waals surface area contributed by atoms with E-state index in [2.05, 4.69) is 20.8 Å². The number of carboxylic acids is 1. The lowest BCUT2D eigenvalue weighted by molar-refractivity contribution is -0.181.